The van der Waals surface area contributed by atoms with Crippen LogP contribution in [-0.2, 0) is 26.4 Å². The predicted molar refractivity (Wildman–Crippen MR) is 118 cm³/mol. The Morgan fingerprint density at radius 1 is 1.14 bits per heavy atom. The van der Waals surface area contributed by atoms with E-state index in [1.807, 2.05) is 42.9 Å². The third-order valence-corrected chi connectivity index (χ3v) is 4.72. The monoisotopic (exact) mass is 401 g/mol. The van der Waals surface area contributed by atoms with Crippen molar-refractivity contribution < 1.29 is 9.47 Å². The molecule has 2 rings (SSSR count). The third-order valence-electron chi connectivity index (χ3n) is 4.72. The number of hydrogen-bond acceptors (Lipinski definition) is 4. The molecule has 1 unspecified atom stereocenters. The summed E-state index contributed by atoms with van der Waals surface area (Å²) < 4.78 is 13.4. The van der Waals surface area contributed by atoms with Crippen molar-refractivity contribution in [1.82, 2.24) is 20.4 Å². The van der Waals surface area contributed by atoms with Crippen LogP contribution >= 0.6 is 0 Å². The number of para-hydroxylation sites is 2. The normalized spacial score (nSPS) is 12.6. The fraction of sp³-hybridized carbons (Fsp3) is 0.545. The minimum absolute atomic E-state index is 0.0500. The maximum atomic E-state index is 6.02. The number of benzene rings is 1. The van der Waals surface area contributed by atoms with Crippen molar-refractivity contribution in [2.24, 2.45) is 12.0 Å². The Kier molecular flexibility index (Phi) is 8.83. The molecule has 0 fully saturated rings. The second-order valence-corrected chi connectivity index (χ2v) is 6.86. The molecule has 0 radical (unpaired) electrons. The number of rotatable bonds is 10. The molecule has 0 aliphatic carbocycles. The summed E-state index contributed by atoms with van der Waals surface area (Å²) in [4.78, 5) is 4.79. The molecule has 0 aliphatic rings. The zero-order chi connectivity index (χ0) is 21.2. The third kappa shape index (κ3) is 6.14. The van der Waals surface area contributed by atoms with Crippen LogP contribution < -0.4 is 20.1 Å². The van der Waals surface area contributed by atoms with Crippen molar-refractivity contribution >= 4 is 5.96 Å². The van der Waals surface area contributed by atoms with Gasteiger partial charge in [-0.15, -0.1) is 0 Å². The maximum Gasteiger partial charge on any atom is 0.191 e. The van der Waals surface area contributed by atoms with Crippen molar-refractivity contribution in [3.63, 3.8) is 0 Å². The predicted octanol–water partition coefficient (Wildman–Crippen LogP) is 3.08. The van der Waals surface area contributed by atoms with E-state index in [1.54, 1.807) is 7.11 Å². The van der Waals surface area contributed by atoms with Gasteiger partial charge in [0, 0.05) is 24.8 Å². The first kappa shape index (κ1) is 22.6. The lowest BCUT2D eigenvalue weighted by atomic mass is 10.1. The Labute approximate surface area is 174 Å². The first-order valence-electron chi connectivity index (χ1n) is 10.4. The molecule has 1 heterocycles. The molecular weight excluding hydrogens is 366 g/mol. The molecule has 0 amide bonds. The first-order chi connectivity index (χ1) is 14.0. The lowest BCUT2D eigenvalue weighted by Crippen LogP contribution is -2.41. The number of guanidine groups is 1. The number of aliphatic imine (C=N–C) groups is 1. The molecule has 29 heavy (non-hydrogen) atoms. The van der Waals surface area contributed by atoms with Crippen LogP contribution in [0.25, 0.3) is 0 Å². The van der Waals surface area contributed by atoms with Gasteiger partial charge in [0.05, 0.1) is 25.9 Å². The number of aryl methyl sites for hydroxylation is 2. The number of ether oxygens (including phenoxy) is 2. The highest BCUT2D eigenvalue weighted by Gasteiger charge is 2.14. The van der Waals surface area contributed by atoms with Crippen molar-refractivity contribution in [2.45, 2.75) is 53.2 Å². The molecule has 1 aromatic carbocycles. The van der Waals surface area contributed by atoms with Gasteiger partial charge in [-0.1, -0.05) is 26.0 Å². The van der Waals surface area contributed by atoms with Gasteiger partial charge in [-0.05, 0) is 38.8 Å². The van der Waals surface area contributed by atoms with Crippen LogP contribution in [0.1, 0.15) is 44.6 Å². The van der Waals surface area contributed by atoms with Crippen LogP contribution in [0.15, 0.2) is 29.3 Å². The van der Waals surface area contributed by atoms with E-state index in [-0.39, 0.29) is 6.10 Å². The highest BCUT2D eigenvalue weighted by Crippen LogP contribution is 2.26. The molecule has 0 aliphatic heterocycles. The Balaban J connectivity index is 2.02. The molecule has 0 saturated carbocycles. The second-order valence-electron chi connectivity index (χ2n) is 6.86. The second kappa shape index (κ2) is 11.3. The average Bonchev–Trinajstić information content (AvgIpc) is 3.04. The topological polar surface area (TPSA) is 72.7 Å². The molecular formula is C22H35N5O2. The Hall–Kier alpha value is -2.70. The Bertz CT molecular complexity index is 800. The molecule has 2 N–H and O–H groups in total. The largest absolute Gasteiger partial charge is 0.493 e. The SMILES string of the molecule is CCNC(=NCc1c(CC)nn(C)c1CC)NCC(C)Oc1ccccc1OC. The minimum Gasteiger partial charge on any atom is -0.493 e. The quantitative estimate of drug-likeness (QED) is 0.473. The van der Waals surface area contributed by atoms with Gasteiger partial charge in [0.25, 0.3) is 0 Å². The zero-order valence-corrected chi connectivity index (χ0v) is 18.6. The average molecular weight is 402 g/mol. The van der Waals surface area contributed by atoms with E-state index in [2.05, 4.69) is 36.5 Å². The smallest absolute Gasteiger partial charge is 0.191 e. The van der Waals surface area contributed by atoms with E-state index in [0.29, 0.717) is 13.1 Å². The van der Waals surface area contributed by atoms with Crippen molar-refractivity contribution in [3.8, 4) is 11.5 Å². The van der Waals surface area contributed by atoms with E-state index in [0.717, 1.165) is 42.5 Å². The van der Waals surface area contributed by atoms with Gasteiger partial charge in [-0.25, -0.2) is 4.99 Å². The highest BCUT2D eigenvalue weighted by molar-refractivity contribution is 5.79. The number of nitrogens with zero attached hydrogens (tertiary/aromatic N) is 3. The van der Waals surface area contributed by atoms with Gasteiger partial charge in [0.15, 0.2) is 17.5 Å². The molecule has 7 nitrogen and oxygen atoms in total. The zero-order valence-electron chi connectivity index (χ0n) is 18.6. The van der Waals surface area contributed by atoms with E-state index in [1.165, 1.54) is 11.3 Å². The summed E-state index contributed by atoms with van der Waals surface area (Å²) in [5, 5.41) is 11.3. The summed E-state index contributed by atoms with van der Waals surface area (Å²) >= 11 is 0. The maximum absolute atomic E-state index is 6.02. The van der Waals surface area contributed by atoms with E-state index in [4.69, 9.17) is 14.5 Å². The summed E-state index contributed by atoms with van der Waals surface area (Å²) in [7, 11) is 3.65. The van der Waals surface area contributed by atoms with E-state index >= 15 is 0 Å². The van der Waals surface area contributed by atoms with Crippen LogP contribution in [0, 0.1) is 0 Å². The van der Waals surface area contributed by atoms with Crippen LogP contribution in [0.4, 0.5) is 0 Å². The van der Waals surface area contributed by atoms with E-state index in [9.17, 15) is 0 Å². The standard InChI is InChI=1S/C22H35N5O2/c1-7-18-17(19(8-2)27(5)26-18)15-25-22(23-9-3)24-14-16(4)29-21-13-11-10-12-20(21)28-6/h10-13,16H,7-9,14-15H2,1-6H3,(H2,23,24,25). The Morgan fingerprint density at radius 3 is 2.48 bits per heavy atom. The molecule has 7 heteroatoms. The highest BCUT2D eigenvalue weighted by atomic mass is 16.5. The lowest BCUT2D eigenvalue weighted by molar-refractivity contribution is 0.213. The summed E-state index contributed by atoms with van der Waals surface area (Å²) in [6.07, 6.45) is 1.81. The van der Waals surface area contributed by atoms with Gasteiger partial charge in [0.1, 0.15) is 6.10 Å². The van der Waals surface area contributed by atoms with Gasteiger partial charge >= 0.3 is 0 Å². The van der Waals surface area contributed by atoms with Crippen molar-refractivity contribution in [2.75, 3.05) is 20.2 Å². The molecule has 160 valence electrons. The molecule has 1 aromatic heterocycles. The van der Waals surface area contributed by atoms with Crippen LogP contribution in [-0.4, -0.2) is 42.0 Å². The Morgan fingerprint density at radius 2 is 1.86 bits per heavy atom. The van der Waals surface area contributed by atoms with Crippen molar-refractivity contribution in [3.05, 3.63) is 41.2 Å². The molecule has 1 atom stereocenters. The van der Waals surface area contributed by atoms with Gasteiger partial charge in [0.2, 0.25) is 0 Å². The summed E-state index contributed by atoms with van der Waals surface area (Å²) in [6, 6.07) is 7.67. The summed E-state index contributed by atoms with van der Waals surface area (Å²) in [5.41, 5.74) is 3.60. The van der Waals surface area contributed by atoms with Gasteiger partial charge < -0.3 is 20.1 Å². The number of hydrogen-bond donors (Lipinski definition) is 2. The van der Waals surface area contributed by atoms with Gasteiger partial charge in [-0.3, -0.25) is 4.68 Å². The fourth-order valence-electron chi connectivity index (χ4n) is 3.29. The van der Waals surface area contributed by atoms with Crippen LogP contribution in [0.2, 0.25) is 0 Å². The number of methoxy groups -OCH3 is 1. The van der Waals surface area contributed by atoms with Crippen LogP contribution in [0.5, 0.6) is 11.5 Å². The lowest BCUT2D eigenvalue weighted by Gasteiger charge is -2.19. The van der Waals surface area contributed by atoms with E-state index < -0.39 is 0 Å². The number of nitrogens with one attached hydrogen (secondary N) is 2. The van der Waals surface area contributed by atoms with Crippen molar-refractivity contribution in [1.29, 1.82) is 0 Å². The first-order valence-corrected chi connectivity index (χ1v) is 10.4. The minimum atomic E-state index is -0.0500. The molecule has 2 aromatic rings. The summed E-state index contributed by atoms with van der Waals surface area (Å²) in [5.74, 6) is 2.24. The molecule has 0 bridgehead atoms. The fourth-order valence-corrected chi connectivity index (χ4v) is 3.29. The molecule has 0 saturated heterocycles. The number of aromatic nitrogens is 2. The summed E-state index contributed by atoms with van der Waals surface area (Å²) in [6.45, 7) is 10.4. The van der Waals surface area contributed by atoms with Gasteiger partial charge in [-0.2, -0.15) is 5.10 Å². The molecule has 0 spiro atoms. The van der Waals surface area contributed by atoms with Crippen LogP contribution in [0.3, 0.4) is 0 Å².